The van der Waals surface area contributed by atoms with Crippen molar-refractivity contribution in [3.05, 3.63) is 35.4 Å². The van der Waals surface area contributed by atoms with Crippen LogP contribution < -0.4 is 10.6 Å². The van der Waals surface area contributed by atoms with Crippen LogP contribution in [-0.4, -0.2) is 24.3 Å². The first kappa shape index (κ1) is 15.4. The molecule has 6 heteroatoms. The van der Waals surface area contributed by atoms with Crippen LogP contribution in [0.1, 0.15) is 18.9 Å². The van der Waals surface area contributed by atoms with E-state index >= 15 is 0 Å². The second-order valence-corrected chi connectivity index (χ2v) is 4.42. The Morgan fingerprint density at radius 2 is 2.11 bits per heavy atom. The molecule has 1 unspecified atom stereocenters. The van der Waals surface area contributed by atoms with E-state index in [2.05, 4.69) is 10.6 Å². The van der Waals surface area contributed by atoms with Gasteiger partial charge < -0.3 is 15.7 Å². The molecule has 0 aliphatic heterocycles. The molecule has 0 aliphatic rings. The van der Waals surface area contributed by atoms with Crippen molar-refractivity contribution in [2.45, 2.75) is 19.9 Å². The molecular formula is C13H18F2N2O2. The number of amides is 2. The molecule has 3 N–H and O–H groups in total. The van der Waals surface area contributed by atoms with E-state index in [0.29, 0.717) is 13.0 Å². The number of benzene rings is 1. The number of halogens is 2. The Bertz CT molecular complexity index is 427. The van der Waals surface area contributed by atoms with Gasteiger partial charge in [0.25, 0.3) is 0 Å². The number of nitrogens with one attached hydrogen (secondary N) is 2. The van der Waals surface area contributed by atoms with Gasteiger partial charge in [-0.05, 0) is 30.5 Å². The summed E-state index contributed by atoms with van der Waals surface area (Å²) >= 11 is 0. The number of aliphatic hydroxyl groups is 1. The molecule has 0 aliphatic carbocycles. The minimum absolute atomic E-state index is 0.0684. The molecule has 0 spiro atoms. The number of carbonyl (C=O) groups excluding carboxylic acids is 1. The van der Waals surface area contributed by atoms with Crippen molar-refractivity contribution >= 4 is 6.03 Å². The van der Waals surface area contributed by atoms with E-state index < -0.39 is 17.7 Å². The Labute approximate surface area is 110 Å². The van der Waals surface area contributed by atoms with Gasteiger partial charge in [-0.3, -0.25) is 0 Å². The molecule has 0 bridgehead atoms. The van der Waals surface area contributed by atoms with Gasteiger partial charge in [0.05, 0.1) is 0 Å². The highest BCUT2D eigenvalue weighted by Gasteiger charge is 2.07. The van der Waals surface area contributed by atoms with Gasteiger partial charge in [-0.25, -0.2) is 13.6 Å². The van der Waals surface area contributed by atoms with Gasteiger partial charge in [0, 0.05) is 25.3 Å². The summed E-state index contributed by atoms with van der Waals surface area (Å²) in [4.78, 5) is 11.4. The fraction of sp³-hybridized carbons (Fsp3) is 0.462. The van der Waals surface area contributed by atoms with Crippen LogP contribution in [0, 0.1) is 17.6 Å². The zero-order valence-corrected chi connectivity index (χ0v) is 10.7. The molecule has 1 aromatic carbocycles. The third kappa shape index (κ3) is 5.65. The summed E-state index contributed by atoms with van der Waals surface area (Å²) in [6.07, 6.45) is 0.596. The highest BCUT2D eigenvalue weighted by atomic mass is 19.1. The van der Waals surface area contributed by atoms with Crippen molar-refractivity contribution in [1.29, 1.82) is 0 Å². The first-order chi connectivity index (χ1) is 9.02. The Hall–Kier alpha value is -1.69. The van der Waals surface area contributed by atoms with E-state index in [1.54, 1.807) is 0 Å². The second kappa shape index (κ2) is 7.68. The predicted octanol–water partition coefficient (Wildman–Crippen LogP) is 1.78. The summed E-state index contributed by atoms with van der Waals surface area (Å²) in [7, 11) is 0. The third-order valence-electron chi connectivity index (χ3n) is 2.68. The van der Waals surface area contributed by atoms with Crippen LogP contribution in [0.3, 0.4) is 0 Å². The second-order valence-electron chi connectivity index (χ2n) is 4.42. The lowest BCUT2D eigenvalue weighted by Crippen LogP contribution is -2.37. The summed E-state index contributed by atoms with van der Waals surface area (Å²) in [5.41, 5.74) is 0.0959. The maximum absolute atomic E-state index is 13.3. The third-order valence-corrected chi connectivity index (χ3v) is 2.68. The number of hydrogen-bond donors (Lipinski definition) is 3. The monoisotopic (exact) mass is 272 g/mol. The van der Waals surface area contributed by atoms with Gasteiger partial charge in [-0.1, -0.05) is 6.92 Å². The molecule has 0 saturated carbocycles. The highest BCUT2D eigenvalue weighted by Crippen LogP contribution is 2.09. The van der Waals surface area contributed by atoms with Crippen molar-refractivity contribution in [3.8, 4) is 0 Å². The molecule has 2 amide bonds. The maximum atomic E-state index is 13.3. The predicted molar refractivity (Wildman–Crippen MR) is 67.5 cm³/mol. The quantitative estimate of drug-likeness (QED) is 0.739. The van der Waals surface area contributed by atoms with E-state index in [9.17, 15) is 13.6 Å². The maximum Gasteiger partial charge on any atom is 0.315 e. The number of hydrogen-bond acceptors (Lipinski definition) is 2. The number of aliphatic hydroxyl groups excluding tert-OH is 1. The van der Waals surface area contributed by atoms with Crippen molar-refractivity contribution in [2.75, 3.05) is 13.2 Å². The van der Waals surface area contributed by atoms with E-state index in [0.717, 1.165) is 18.2 Å². The van der Waals surface area contributed by atoms with Gasteiger partial charge in [0.15, 0.2) is 0 Å². The first-order valence-electron chi connectivity index (χ1n) is 6.09. The SMILES string of the molecule is CC(CCO)CNC(=O)NCc1cc(F)ccc1F. The fourth-order valence-corrected chi connectivity index (χ4v) is 1.51. The van der Waals surface area contributed by atoms with Crippen molar-refractivity contribution in [2.24, 2.45) is 5.92 Å². The zero-order valence-electron chi connectivity index (χ0n) is 10.7. The van der Waals surface area contributed by atoms with Crippen LogP contribution >= 0.6 is 0 Å². The van der Waals surface area contributed by atoms with Gasteiger partial charge in [-0.2, -0.15) is 0 Å². The highest BCUT2D eigenvalue weighted by molar-refractivity contribution is 5.73. The van der Waals surface area contributed by atoms with Crippen LogP contribution in [0.15, 0.2) is 18.2 Å². The van der Waals surface area contributed by atoms with Gasteiger partial charge in [0.2, 0.25) is 0 Å². The van der Waals surface area contributed by atoms with Crippen molar-refractivity contribution in [1.82, 2.24) is 10.6 Å². The van der Waals surface area contributed by atoms with Crippen LogP contribution in [0.2, 0.25) is 0 Å². The Morgan fingerprint density at radius 1 is 1.37 bits per heavy atom. The minimum atomic E-state index is -0.560. The van der Waals surface area contributed by atoms with Crippen molar-refractivity contribution < 1.29 is 18.7 Å². The van der Waals surface area contributed by atoms with Gasteiger partial charge in [0.1, 0.15) is 11.6 Å². The molecule has 1 aromatic rings. The molecule has 0 radical (unpaired) electrons. The van der Waals surface area contributed by atoms with Crippen LogP contribution in [0.4, 0.5) is 13.6 Å². The molecule has 106 valence electrons. The lowest BCUT2D eigenvalue weighted by molar-refractivity contribution is 0.233. The van der Waals surface area contributed by atoms with E-state index in [1.165, 1.54) is 0 Å². The standard InChI is InChI=1S/C13H18F2N2O2/c1-9(4-5-18)7-16-13(19)17-8-10-6-11(14)2-3-12(10)15/h2-3,6,9,18H,4-5,7-8H2,1H3,(H2,16,17,19). The summed E-state index contributed by atoms with van der Waals surface area (Å²) in [6, 6.07) is 2.64. The molecule has 1 rings (SSSR count). The number of carbonyl (C=O) groups is 1. The summed E-state index contributed by atoms with van der Waals surface area (Å²) in [5.74, 6) is -0.952. The Morgan fingerprint density at radius 3 is 2.79 bits per heavy atom. The van der Waals surface area contributed by atoms with E-state index in [-0.39, 0.29) is 24.6 Å². The molecule has 1 atom stereocenters. The minimum Gasteiger partial charge on any atom is -0.396 e. The average Bonchev–Trinajstić information content (AvgIpc) is 2.38. The van der Waals surface area contributed by atoms with E-state index in [4.69, 9.17) is 5.11 Å². The Balaban J connectivity index is 2.35. The molecule has 0 heterocycles. The van der Waals surface area contributed by atoms with Crippen LogP contribution in [-0.2, 0) is 6.54 Å². The molecular weight excluding hydrogens is 254 g/mol. The lowest BCUT2D eigenvalue weighted by atomic mass is 10.1. The summed E-state index contributed by atoms with van der Waals surface area (Å²) < 4.78 is 26.2. The van der Waals surface area contributed by atoms with Crippen LogP contribution in [0.25, 0.3) is 0 Å². The largest absolute Gasteiger partial charge is 0.396 e. The van der Waals surface area contributed by atoms with E-state index in [1.807, 2.05) is 6.92 Å². The smallest absolute Gasteiger partial charge is 0.315 e. The molecule has 0 fully saturated rings. The fourth-order valence-electron chi connectivity index (χ4n) is 1.51. The van der Waals surface area contributed by atoms with Gasteiger partial charge in [-0.15, -0.1) is 0 Å². The first-order valence-corrected chi connectivity index (χ1v) is 6.09. The van der Waals surface area contributed by atoms with Gasteiger partial charge >= 0.3 is 6.03 Å². The average molecular weight is 272 g/mol. The summed E-state index contributed by atoms with van der Waals surface area (Å²) in [6.45, 7) is 2.30. The Kier molecular flexibility index (Phi) is 6.21. The number of rotatable bonds is 6. The topological polar surface area (TPSA) is 61.4 Å². The molecule has 0 aromatic heterocycles. The number of urea groups is 1. The summed E-state index contributed by atoms with van der Waals surface area (Å²) in [5, 5.41) is 13.7. The normalized spacial score (nSPS) is 12.0. The van der Waals surface area contributed by atoms with Crippen LogP contribution in [0.5, 0.6) is 0 Å². The lowest BCUT2D eigenvalue weighted by Gasteiger charge is -2.12. The molecule has 4 nitrogen and oxygen atoms in total. The zero-order chi connectivity index (χ0) is 14.3. The van der Waals surface area contributed by atoms with Crippen molar-refractivity contribution in [3.63, 3.8) is 0 Å². The molecule has 19 heavy (non-hydrogen) atoms. The molecule has 0 saturated heterocycles.